The van der Waals surface area contributed by atoms with Crippen molar-refractivity contribution in [3.63, 3.8) is 0 Å². The molecule has 0 spiro atoms. The lowest BCUT2D eigenvalue weighted by Gasteiger charge is -2.11. The third-order valence-corrected chi connectivity index (χ3v) is 2.76. The molecular formula is C9H13NO4S. The van der Waals surface area contributed by atoms with E-state index in [-0.39, 0.29) is 6.54 Å². The third-order valence-electron chi connectivity index (χ3n) is 1.97. The average molecular weight is 231 g/mol. The minimum absolute atomic E-state index is 0.105. The molecule has 0 aliphatic rings. The van der Waals surface area contributed by atoms with Gasteiger partial charge >= 0.3 is 0 Å². The van der Waals surface area contributed by atoms with Crippen LogP contribution in [0.15, 0.2) is 24.4 Å². The molecule has 84 valence electrons. The van der Waals surface area contributed by atoms with E-state index in [1.165, 1.54) is 0 Å². The van der Waals surface area contributed by atoms with E-state index in [0.29, 0.717) is 0 Å². The van der Waals surface area contributed by atoms with Crippen LogP contribution in [-0.2, 0) is 16.7 Å². The number of aliphatic hydroxyl groups excluding tert-OH is 1. The Labute approximate surface area is 88.7 Å². The van der Waals surface area contributed by atoms with Gasteiger partial charge in [-0.1, -0.05) is 6.07 Å². The summed E-state index contributed by atoms with van der Waals surface area (Å²) in [6.45, 7) is 1.94. The van der Waals surface area contributed by atoms with E-state index in [9.17, 15) is 18.1 Å². The highest BCUT2D eigenvalue weighted by atomic mass is 32.2. The van der Waals surface area contributed by atoms with Gasteiger partial charge in [-0.2, -0.15) is 4.57 Å². The molecule has 6 heteroatoms. The molecule has 0 saturated carbocycles. The lowest BCUT2D eigenvalue weighted by atomic mass is 10.3. The van der Waals surface area contributed by atoms with Gasteiger partial charge in [0.2, 0.25) is 0 Å². The highest BCUT2D eigenvalue weighted by Gasteiger charge is 2.15. The molecule has 1 heterocycles. The number of hydrogen-bond donors (Lipinski definition) is 1. The van der Waals surface area contributed by atoms with Crippen molar-refractivity contribution in [1.29, 1.82) is 0 Å². The predicted octanol–water partition coefficient (Wildman–Crippen LogP) is -0.811. The van der Waals surface area contributed by atoms with E-state index in [2.05, 4.69) is 0 Å². The summed E-state index contributed by atoms with van der Waals surface area (Å²) in [5, 5.41) is 9.36. The summed E-state index contributed by atoms with van der Waals surface area (Å²) < 4.78 is 32.9. The highest BCUT2D eigenvalue weighted by molar-refractivity contribution is 7.85. The lowest BCUT2D eigenvalue weighted by Crippen LogP contribution is -2.44. The molecule has 0 fully saturated rings. The molecule has 0 radical (unpaired) electrons. The van der Waals surface area contributed by atoms with Crippen molar-refractivity contribution in [3.05, 3.63) is 30.1 Å². The Morgan fingerprint density at radius 2 is 2.20 bits per heavy atom. The monoisotopic (exact) mass is 231 g/mol. The van der Waals surface area contributed by atoms with Gasteiger partial charge in [-0.15, -0.1) is 0 Å². The van der Waals surface area contributed by atoms with Crippen molar-refractivity contribution in [2.24, 2.45) is 0 Å². The summed E-state index contributed by atoms with van der Waals surface area (Å²) in [6.07, 6.45) is 0.550. The Hall–Kier alpha value is -0.980. The number of aliphatic hydroxyl groups is 1. The molecular weight excluding hydrogens is 218 g/mol. The fraction of sp³-hybridized carbons (Fsp3) is 0.444. The summed E-state index contributed by atoms with van der Waals surface area (Å²) in [5.74, 6) is -0.756. The molecule has 0 saturated heterocycles. The zero-order chi connectivity index (χ0) is 11.5. The van der Waals surface area contributed by atoms with Crippen LogP contribution in [0.5, 0.6) is 0 Å². The molecule has 5 nitrogen and oxygen atoms in total. The molecule has 1 atom stereocenters. The topological polar surface area (TPSA) is 81.3 Å². The van der Waals surface area contributed by atoms with E-state index in [1.807, 2.05) is 19.1 Å². The van der Waals surface area contributed by atoms with Gasteiger partial charge in [-0.3, -0.25) is 0 Å². The largest absolute Gasteiger partial charge is 0.748 e. The smallest absolute Gasteiger partial charge is 0.178 e. The molecule has 1 aromatic rings. The average Bonchev–Trinajstić information content (AvgIpc) is 2.05. The second-order valence-corrected chi connectivity index (χ2v) is 4.82. The molecule has 0 bridgehead atoms. The van der Waals surface area contributed by atoms with Gasteiger partial charge in [0, 0.05) is 19.1 Å². The Balaban J connectivity index is 2.67. The number of nitrogens with zero attached hydrogens (tertiary/aromatic N) is 1. The SMILES string of the molecule is Cc1cccc[n+]1CC(O)CS(=O)(=O)[O-]. The van der Waals surface area contributed by atoms with Crippen LogP contribution in [0.1, 0.15) is 5.69 Å². The first-order chi connectivity index (χ1) is 6.88. The summed E-state index contributed by atoms with van der Waals surface area (Å²) in [7, 11) is -4.37. The van der Waals surface area contributed by atoms with Crippen molar-refractivity contribution in [2.75, 3.05) is 5.75 Å². The van der Waals surface area contributed by atoms with Crippen molar-refractivity contribution < 1.29 is 22.6 Å². The first-order valence-electron chi connectivity index (χ1n) is 4.45. The van der Waals surface area contributed by atoms with Crippen LogP contribution in [0, 0.1) is 6.92 Å². The number of hydrogen-bond acceptors (Lipinski definition) is 4. The molecule has 0 aliphatic carbocycles. The number of rotatable bonds is 4. The van der Waals surface area contributed by atoms with Gasteiger partial charge in [-0.25, -0.2) is 8.42 Å². The molecule has 1 aromatic heterocycles. The van der Waals surface area contributed by atoms with Crippen molar-refractivity contribution >= 4 is 10.1 Å². The van der Waals surface area contributed by atoms with Crippen LogP contribution in [0.4, 0.5) is 0 Å². The summed E-state index contributed by atoms with van der Waals surface area (Å²) in [5.41, 5.74) is 0.889. The molecule has 1 rings (SSSR count). The number of aryl methyl sites for hydroxylation is 1. The number of aromatic nitrogens is 1. The zero-order valence-corrected chi connectivity index (χ0v) is 9.14. The van der Waals surface area contributed by atoms with Gasteiger partial charge in [0.25, 0.3) is 0 Å². The maximum Gasteiger partial charge on any atom is 0.178 e. The van der Waals surface area contributed by atoms with Crippen molar-refractivity contribution in [3.8, 4) is 0 Å². The van der Waals surface area contributed by atoms with Crippen LogP contribution < -0.4 is 4.57 Å². The van der Waals surface area contributed by atoms with Crippen molar-refractivity contribution in [1.82, 2.24) is 0 Å². The highest BCUT2D eigenvalue weighted by Crippen LogP contribution is 1.93. The van der Waals surface area contributed by atoms with Crippen LogP contribution in [0.2, 0.25) is 0 Å². The van der Waals surface area contributed by atoms with E-state index >= 15 is 0 Å². The first-order valence-corrected chi connectivity index (χ1v) is 6.03. The molecule has 1 N–H and O–H groups in total. The first kappa shape index (κ1) is 12.1. The fourth-order valence-electron chi connectivity index (χ4n) is 1.28. The van der Waals surface area contributed by atoms with E-state index in [1.54, 1.807) is 16.8 Å². The maximum absolute atomic E-state index is 10.4. The van der Waals surface area contributed by atoms with E-state index < -0.39 is 22.0 Å². The van der Waals surface area contributed by atoms with Gasteiger partial charge in [-0.05, 0) is 0 Å². The quantitative estimate of drug-likeness (QED) is 0.542. The Morgan fingerprint density at radius 1 is 1.53 bits per heavy atom. The second kappa shape index (κ2) is 4.69. The molecule has 1 unspecified atom stereocenters. The third kappa shape index (κ3) is 4.37. The Bertz CT molecular complexity index is 429. The maximum atomic E-state index is 10.4. The second-order valence-electron chi connectivity index (χ2n) is 3.37. The molecule has 0 aromatic carbocycles. The minimum atomic E-state index is -4.37. The molecule has 0 aliphatic heterocycles. The molecule has 15 heavy (non-hydrogen) atoms. The fourth-order valence-corrected chi connectivity index (χ4v) is 1.86. The van der Waals surface area contributed by atoms with Crippen molar-refractivity contribution in [2.45, 2.75) is 19.6 Å². The van der Waals surface area contributed by atoms with Crippen LogP contribution in [-0.4, -0.2) is 29.9 Å². The van der Waals surface area contributed by atoms with Crippen LogP contribution in [0.3, 0.4) is 0 Å². The summed E-state index contributed by atoms with van der Waals surface area (Å²) in [4.78, 5) is 0. The Morgan fingerprint density at radius 3 is 2.73 bits per heavy atom. The van der Waals surface area contributed by atoms with Gasteiger partial charge < -0.3 is 9.66 Å². The van der Waals surface area contributed by atoms with Gasteiger partial charge in [0.05, 0.1) is 15.9 Å². The molecule has 0 amide bonds. The normalized spacial score (nSPS) is 13.8. The Kier molecular flexibility index (Phi) is 3.78. The van der Waals surface area contributed by atoms with E-state index in [0.717, 1.165) is 5.69 Å². The van der Waals surface area contributed by atoms with Gasteiger partial charge in [0.1, 0.15) is 6.10 Å². The standard InChI is InChI=1S/C9H13NO4S/c1-8-4-2-3-5-10(8)6-9(11)7-15(12,13)14/h2-5,9,11H,6-7H2,1H3. The van der Waals surface area contributed by atoms with Gasteiger partial charge in [0.15, 0.2) is 18.4 Å². The summed E-state index contributed by atoms with van der Waals surface area (Å²) >= 11 is 0. The lowest BCUT2D eigenvalue weighted by molar-refractivity contribution is -0.708. The zero-order valence-electron chi connectivity index (χ0n) is 8.33. The number of pyridine rings is 1. The predicted molar refractivity (Wildman–Crippen MR) is 51.9 cm³/mol. The summed E-state index contributed by atoms with van der Waals surface area (Å²) in [6, 6.07) is 5.44. The minimum Gasteiger partial charge on any atom is -0.748 e. The van der Waals surface area contributed by atoms with Crippen LogP contribution >= 0.6 is 0 Å². The van der Waals surface area contributed by atoms with Crippen LogP contribution in [0.25, 0.3) is 0 Å². The van der Waals surface area contributed by atoms with E-state index in [4.69, 9.17) is 0 Å².